The molecule has 36 heavy (non-hydrogen) atoms. The number of nitrogens with zero attached hydrogens (tertiary/aromatic N) is 3. The lowest BCUT2D eigenvalue weighted by Gasteiger charge is -2.19. The van der Waals surface area contributed by atoms with Gasteiger partial charge >= 0.3 is 11.9 Å². The van der Waals surface area contributed by atoms with Crippen molar-refractivity contribution in [3.63, 3.8) is 0 Å². The highest BCUT2D eigenvalue weighted by atomic mass is 35.5. The number of aromatic nitrogens is 4. The van der Waals surface area contributed by atoms with Crippen LogP contribution >= 0.6 is 23.2 Å². The number of aromatic amines is 1. The van der Waals surface area contributed by atoms with Crippen molar-refractivity contribution in [2.45, 2.75) is 24.7 Å². The van der Waals surface area contributed by atoms with Crippen LogP contribution in [0, 0.1) is 0 Å². The van der Waals surface area contributed by atoms with Crippen LogP contribution < -0.4 is 5.56 Å². The van der Waals surface area contributed by atoms with Crippen molar-refractivity contribution in [1.29, 1.82) is 0 Å². The second-order valence-electron chi connectivity index (χ2n) is 8.00. The molecular formula is C24H18Cl2N4O6. The second kappa shape index (κ2) is 10.1. The lowest BCUT2D eigenvalue weighted by atomic mass is 10.1. The number of carbonyl (C=O) groups excluding carboxylic acids is 2. The first-order valence-corrected chi connectivity index (χ1v) is 11.6. The average Bonchev–Trinajstić information content (AvgIpc) is 3.48. The Kier molecular flexibility index (Phi) is 6.73. The van der Waals surface area contributed by atoms with Gasteiger partial charge in [-0.05, 0) is 48.5 Å². The molecule has 0 unspecified atom stereocenters. The van der Waals surface area contributed by atoms with Crippen LogP contribution in [0.3, 0.4) is 0 Å². The van der Waals surface area contributed by atoms with E-state index in [9.17, 15) is 14.4 Å². The molecule has 2 aromatic carbocycles. The SMILES string of the molecule is O=C(OC[C@H]1O[C@@H](c2nnc3c(=O)[nH]ccn23)C[C@@H]1OC(=O)c1ccc(Cl)cc1)c1ccc(Cl)cc1. The van der Waals surface area contributed by atoms with Gasteiger partial charge in [0.15, 0.2) is 5.82 Å². The summed E-state index contributed by atoms with van der Waals surface area (Å²) in [5.74, 6) is -0.811. The van der Waals surface area contributed by atoms with Crippen molar-refractivity contribution < 1.29 is 23.8 Å². The molecule has 3 atom stereocenters. The van der Waals surface area contributed by atoms with Crippen molar-refractivity contribution in [2.24, 2.45) is 0 Å². The lowest BCUT2D eigenvalue weighted by molar-refractivity contribution is -0.0441. The monoisotopic (exact) mass is 528 g/mol. The Hall–Kier alpha value is -3.73. The molecule has 1 fully saturated rings. The van der Waals surface area contributed by atoms with Gasteiger partial charge in [-0.15, -0.1) is 10.2 Å². The molecule has 1 saturated heterocycles. The number of rotatable bonds is 6. The maximum Gasteiger partial charge on any atom is 0.338 e. The second-order valence-corrected chi connectivity index (χ2v) is 8.87. The quantitative estimate of drug-likeness (QED) is 0.376. The van der Waals surface area contributed by atoms with E-state index in [1.807, 2.05) is 0 Å². The fraction of sp³-hybridized carbons (Fsp3) is 0.208. The maximum absolute atomic E-state index is 12.8. The first-order chi connectivity index (χ1) is 17.4. The van der Waals surface area contributed by atoms with E-state index in [-0.39, 0.29) is 18.7 Å². The molecule has 1 aliphatic heterocycles. The first-order valence-electron chi connectivity index (χ1n) is 10.9. The average molecular weight is 529 g/mol. The number of hydrogen-bond donors (Lipinski definition) is 1. The van der Waals surface area contributed by atoms with E-state index in [2.05, 4.69) is 15.2 Å². The molecule has 0 radical (unpaired) electrons. The van der Waals surface area contributed by atoms with Crippen LogP contribution in [0.15, 0.2) is 65.7 Å². The highest BCUT2D eigenvalue weighted by Crippen LogP contribution is 2.34. The van der Waals surface area contributed by atoms with Crippen molar-refractivity contribution in [1.82, 2.24) is 19.6 Å². The summed E-state index contributed by atoms with van der Waals surface area (Å²) < 4.78 is 18.8. The van der Waals surface area contributed by atoms with Gasteiger partial charge in [0.25, 0.3) is 5.56 Å². The predicted octanol–water partition coefficient (Wildman–Crippen LogP) is 3.64. The van der Waals surface area contributed by atoms with Gasteiger partial charge in [-0.25, -0.2) is 9.59 Å². The van der Waals surface area contributed by atoms with Crippen LogP contribution in [0.4, 0.5) is 0 Å². The summed E-state index contributed by atoms with van der Waals surface area (Å²) in [5, 5.41) is 8.99. The first kappa shape index (κ1) is 24.0. The van der Waals surface area contributed by atoms with Gasteiger partial charge in [0.1, 0.15) is 24.9 Å². The summed E-state index contributed by atoms with van der Waals surface area (Å²) in [7, 11) is 0. The van der Waals surface area contributed by atoms with Crippen LogP contribution in [-0.4, -0.2) is 50.3 Å². The van der Waals surface area contributed by atoms with Gasteiger partial charge < -0.3 is 19.2 Å². The van der Waals surface area contributed by atoms with Crippen molar-refractivity contribution >= 4 is 40.8 Å². The Morgan fingerprint density at radius 2 is 1.64 bits per heavy atom. The molecule has 0 aliphatic carbocycles. The van der Waals surface area contributed by atoms with Crippen LogP contribution in [0.25, 0.3) is 5.65 Å². The minimum Gasteiger partial charge on any atom is -0.459 e. The molecule has 0 amide bonds. The number of H-pyrrole nitrogens is 1. The minimum atomic E-state index is -0.795. The molecule has 0 saturated carbocycles. The van der Waals surface area contributed by atoms with E-state index in [0.717, 1.165) is 0 Å². The number of hydrogen-bond acceptors (Lipinski definition) is 8. The van der Waals surface area contributed by atoms with E-state index in [1.165, 1.54) is 10.6 Å². The fourth-order valence-electron chi connectivity index (χ4n) is 3.85. The van der Waals surface area contributed by atoms with E-state index in [4.69, 9.17) is 37.4 Å². The minimum absolute atomic E-state index is 0.100. The summed E-state index contributed by atoms with van der Waals surface area (Å²) in [6.07, 6.45) is 1.01. The van der Waals surface area contributed by atoms with Gasteiger partial charge in [0, 0.05) is 28.9 Å². The fourth-order valence-corrected chi connectivity index (χ4v) is 4.10. The number of fused-ring (bicyclic) bond motifs is 1. The zero-order valence-electron chi connectivity index (χ0n) is 18.5. The number of esters is 2. The molecule has 4 aromatic rings. The number of benzene rings is 2. The van der Waals surface area contributed by atoms with Gasteiger partial charge in [0.2, 0.25) is 5.65 Å². The Morgan fingerprint density at radius 1 is 1.00 bits per heavy atom. The normalized spacial score (nSPS) is 19.3. The van der Waals surface area contributed by atoms with Crippen LogP contribution in [-0.2, 0) is 14.2 Å². The summed E-state index contributed by atoms with van der Waals surface area (Å²) in [6, 6.07) is 12.5. The lowest BCUT2D eigenvalue weighted by Crippen LogP contribution is -2.32. The zero-order chi connectivity index (χ0) is 25.2. The van der Waals surface area contributed by atoms with Gasteiger partial charge in [-0.3, -0.25) is 9.20 Å². The summed E-state index contributed by atoms with van der Waals surface area (Å²) in [6.45, 7) is -0.187. The van der Waals surface area contributed by atoms with E-state index < -0.39 is 35.8 Å². The number of ether oxygens (including phenoxy) is 3. The van der Waals surface area contributed by atoms with Crippen molar-refractivity contribution in [3.8, 4) is 0 Å². The van der Waals surface area contributed by atoms with Crippen LogP contribution in [0.1, 0.15) is 39.1 Å². The Balaban J connectivity index is 1.36. The summed E-state index contributed by atoms with van der Waals surface area (Å²) in [5.41, 5.74) is 0.308. The number of carbonyl (C=O) groups is 2. The largest absolute Gasteiger partial charge is 0.459 e. The Labute approximate surface area is 213 Å². The third-order valence-corrected chi connectivity index (χ3v) is 6.15. The van der Waals surface area contributed by atoms with Crippen molar-refractivity contribution in [3.05, 3.63) is 98.3 Å². The van der Waals surface area contributed by atoms with Gasteiger partial charge in [-0.1, -0.05) is 23.2 Å². The molecule has 184 valence electrons. The highest BCUT2D eigenvalue weighted by Gasteiger charge is 2.41. The van der Waals surface area contributed by atoms with E-state index in [0.29, 0.717) is 27.0 Å². The van der Waals surface area contributed by atoms with E-state index >= 15 is 0 Å². The summed E-state index contributed by atoms with van der Waals surface area (Å²) >= 11 is 11.8. The molecule has 1 N–H and O–H groups in total. The third-order valence-electron chi connectivity index (χ3n) is 5.65. The zero-order valence-corrected chi connectivity index (χ0v) is 20.0. The van der Waals surface area contributed by atoms with Crippen LogP contribution in [0.5, 0.6) is 0 Å². The molecule has 0 bridgehead atoms. The Morgan fingerprint density at radius 3 is 2.31 bits per heavy atom. The van der Waals surface area contributed by atoms with E-state index in [1.54, 1.807) is 54.7 Å². The molecule has 1 aliphatic rings. The molecule has 5 rings (SSSR count). The smallest absolute Gasteiger partial charge is 0.338 e. The standard InChI is InChI=1S/C24H18Cl2N4O6/c25-15-5-1-13(2-6-15)23(32)34-12-19-17(36-24(33)14-3-7-16(26)8-4-14)11-18(35-19)20-28-29-21-22(31)27-9-10-30(20)21/h1-10,17-19H,11-12H2,(H,27,31)/t17-,18+,19+/m0/s1. The molecular weight excluding hydrogens is 511 g/mol. The van der Waals surface area contributed by atoms with Gasteiger partial charge in [-0.2, -0.15) is 0 Å². The molecule has 2 aromatic heterocycles. The number of halogens is 2. The predicted molar refractivity (Wildman–Crippen MR) is 128 cm³/mol. The third kappa shape index (κ3) is 4.97. The molecule has 0 spiro atoms. The summed E-state index contributed by atoms with van der Waals surface area (Å²) in [4.78, 5) is 39.9. The highest BCUT2D eigenvalue weighted by molar-refractivity contribution is 6.31. The maximum atomic E-state index is 12.8. The molecule has 12 heteroatoms. The van der Waals surface area contributed by atoms with Gasteiger partial charge in [0.05, 0.1) is 11.1 Å². The Bertz CT molecular complexity index is 1470. The number of nitrogens with one attached hydrogen (secondary N) is 1. The molecule has 10 nitrogen and oxygen atoms in total. The molecule has 3 heterocycles. The van der Waals surface area contributed by atoms with Crippen molar-refractivity contribution in [2.75, 3.05) is 6.61 Å². The topological polar surface area (TPSA) is 125 Å². The van der Waals surface area contributed by atoms with Crippen LogP contribution in [0.2, 0.25) is 10.0 Å².